The summed E-state index contributed by atoms with van der Waals surface area (Å²) in [7, 11) is 1.91. The van der Waals surface area contributed by atoms with Crippen LogP contribution in [-0.2, 0) is 6.42 Å². The van der Waals surface area contributed by atoms with Gasteiger partial charge in [0.25, 0.3) is 0 Å². The molecule has 0 atom stereocenters. The maximum atomic E-state index is 5.84. The molecular formula is C13H24N6S. The number of nitrogens with one attached hydrogen (secondary N) is 3. The molecule has 0 unspecified atom stereocenters. The number of H-pyrrole nitrogens is 1. The van der Waals surface area contributed by atoms with Gasteiger partial charge in [0.1, 0.15) is 0 Å². The summed E-state index contributed by atoms with van der Waals surface area (Å²) >= 11 is 1.10. The van der Waals surface area contributed by atoms with Crippen LogP contribution in [0, 0.1) is 0 Å². The Kier molecular flexibility index (Phi) is 7.71. The van der Waals surface area contributed by atoms with Crippen LogP contribution in [0.4, 0.5) is 0 Å². The lowest BCUT2D eigenvalue weighted by atomic mass is 10.3. The van der Waals surface area contributed by atoms with Crippen molar-refractivity contribution >= 4 is 17.6 Å². The first-order chi connectivity index (χ1) is 9.67. The van der Waals surface area contributed by atoms with Crippen molar-refractivity contribution in [1.82, 2.24) is 15.6 Å². The van der Waals surface area contributed by atoms with Crippen molar-refractivity contribution in [3.05, 3.63) is 40.8 Å². The molecule has 0 aromatic carbocycles. The van der Waals surface area contributed by atoms with Gasteiger partial charge in [0, 0.05) is 48.9 Å². The minimum absolute atomic E-state index is 0.646. The highest BCUT2D eigenvalue weighted by Gasteiger charge is 2.00. The van der Waals surface area contributed by atoms with Crippen LogP contribution in [0.1, 0.15) is 17.8 Å². The van der Waals surface area contributed by atoms with Crippen molar-refractivity contribution < 1.29 is 0 Å². The van der Waals surface area contributed by atoms with Crippen LogP contribution in [0.25, 0.3) is 5.70 Å². The third kappa shape index (κ3) is 6.05. The second-order valence-corrected chi connectivity index (χ2v) is 4.89. The molecule has 0 spiro atoms. The van der Waals surface area contributed by atoms with Gasteiger partial charge in [-0.3, -0.25) is 5.14 Å². The molecule has 20 heavy (non-hydrogen) atoms. The van der Waals surface area contributed by atoms with Gasteiger partial charge in [0.05, 0.1) is 11.4 Å². The van der Waals surface area contributed by atoms with Gasteiger partial charge in [-0.15, -0.1) is 0 Å². The average Bonchev–Trinajstić information content (AvgIpc) is 2.90. The van der Waals surface area contributed by atoms with Gasteiger partial charge in [0.15, 0.2) is 0 Å². The van der Waals surface area contributed by atoms with Crippen LogP contribution in [-0.4, -0.2) is 25.1 Å². The van der Waals surface area contributed by atoms with Gasteiger partial charge in [-0.05, 0) is 19.2 Å². The summed E-state index contributed by atoms with van der Waals surface area (Å²) < 4.78 is 0. The minimum Gasteiger partial charge on any atom is -0.401 e. The molecule has 0 saturated heterocycles. The summed E-state index contributed by atoms with van der Waals surface area (Å²) in [4.78, 5) is 3.26. The van der Waals surface area contributed by atoms with Crippen LogP contribution in [0.5, 0.6) is 0 Å². The van der Waals surface area contributed by atoms with E-state index in [9.17, 15) is 0 Å². The summed E-state index contributed by atoms with van der Waals surface area (Å²) in [6.07, 6.45) is 3.58. The van der Waals surface area contributed by atoms with Gasteiger partial charge >= 0.3 is 0 Å². The number of hydrogen-bond donors (Lipinski definition) is 6. The molecule has 0 saturated carbocycles. The van der Waals surface area contributed by atoms with E-state index < -0.39 is 0 Å². The number of hydrogen-bond acceptors (Lipinski definition) is 6. The molecule has 1 heterocycles. The molecule has 112 valence electrons. The molecule has 0 radical (unpaired) electrons. The Labute approximate surface area is 124 Å². The zero-order valence-electron chi connectivity index (χ0n) is 11.8. The predicted octanol–water partition coefficient (Wildman–Crippen LogP) is 0.420. The normalized spacial score (nSPS) is 12.7. The van der Waals surface area contributed by atoms with Crippen molar-refractivity contribution in [1.29, 1.82) is 0 Å². The van der Waals surface area contributed by atoms with Crippen LogP contribution in [0.3, 0.4) is 0 Å². The van der Waals surface area contributed by atoms with E-state index in [0.29, 0.717) is 5.70 Å². The van der Waals surface area contributed by atoms with Crippen LogP contribution >= 0.6 is 11.9 Å². The third-order valence-electron chi connectivity index (χ3n) is 2.74. The molecule has 0 amide bonds. The molecule has 0 aliphatic heterocycles. The molecule has 1 aromatic heterocycles. The van der Waals surface area contributed by atoms with Gasteiger partial charge in [-0.2, -0.15) is 0 Å². The predicted molar refractivity (Wildman–Crippen MR) is 87.3 cm³/mol. The molecule has 0 fully saturated rings. The van der Waals surface area contributed by atoms with E-state index in [0.717, 1.165) is 55.0 Å². The maximum absolute atomic E-state index is 5.84. The molecule has 7 heteroatoms. The average molecular weight is 296 g/mol. The van der Waals surface area contributed by atoms with E-state index in [1.54, 1.807) is 5.41 Å². The Hall–Kier alpha value is -1.57. The topological polar surface area (TPSA) is 118 Å². The zero-order valence-corrected chi connectivity index (χ0v) is 12.6. The lowest BCUT2D eigenvalue weighted by Gasteiger charge is -2.03. The summed E-state index contributed by atoms with van der Waals surface area (Å²) in [5, 5.41) is 13.3. The fourth-order valence-electron chi connectivity index (χ4n) is 1.64. The van der Waals surface area contributed by atoms with Crippen LogP contribution in [0.2, 0.25) is 0 Å². The first-order valence-electron chi connectivity index (χ1n) is 6.49. The van der Waals surface area contributed by atoms with E-state index in [-0.39, 0.29) is 0 Å². The zero-order chi connectivity index (χ0) is 14.8. The van der Waals surface area contributed by atoms with Gasteiger partial charge in [-0.1, -0.05) is 11.9 Å². The standard InChI is InChI=1S/C13H24N6S/c1-17-6-4-10(14)8-18-7-5-11-2-3-13(19-11)12(15)9-20-16/h2-3,8-9,17-19H,4-7,14-16H2,1H3/b10-8-,12-9-. The smallest absolute Gasteiger partial charge is 0.0630 e. The highest BCUT2D eigenvalue weighted by molar-refractivity contribution is 8.00. The summed E-state index contributed by atoms with van der Waals surface area (Å²) in [6.45, 7) is 1.70. The molecule has 6 nitrogen and oxygen atoms in total. The molecule has 0 aliphatic rings. The molecule has 9 N–H and O–H groups in total. The monoisotopic (exact) mass is 296 g/mol. The Morgan fingerprint density at radius 1 is 1.35 bits per heavy atom. The number of aromatic nitrogens is 1. The van der Waals surface area contributed by atoms with Crippen molar-refractivity contribution in [2.24, 2.45) is 16.6 Å². The maximum Gasteiger partial charge on any atom is 0.0630 e. The second kappa shape index (κ2) is 9.35. The lowest BCUT2D eigenvalue weighted by molar-refractivity contribution is 0.759. The Bertz CT molecular complexity index is 451. The van der Waals surface area contributed by atoms with E-state index in [1.807, 2.05) is 25.4 Å². The van der Waals surface area contributed by atoms with Crippen LogP contribution < -0.4 is 27.2 Å². The summed E-state index contributed by atoms with van der Waals surface area (Å²) in [5.41, 5.74) is 15.2. The Balaban J connectivity index is 2.34. The van der Waals surface area contributed by atoms with Gasteiger partial charge in [-0.25, -0.2) is 0 Å². The first-order valence-corrected chi connectivity index (χ1v) is 7.43. The molecule has 0 aliphatic carbocycles. The molecular weight excluding hydrogens is 272 g/mol. The fourth-order valence-corrected chi connectivity index (χ4v) is 1.92. The van der Waals surface area contributed by atoms with Crippen molar-refractivity contribution in [3.8, 4) is 0 Å². The largest absolute Gasteiger partial charge is 0.401 e. The summed E-state index contributed by atoms with van der Waals surface area (Å²) in [5.74, 6) is 0. The number of nitrogens with two attached hydrogens (primary N) is 3. The molecule has 1 aromatic rings. The lowest BCUT2D eigenvalue weighted by Crippen LogP contribution is -2.16. The highest BCUT2D eigenvalue weighted by atomic mass is 32.2. The van der Waals surface area contributed by atoms with E-state index >= 15 is 0 Å². The Morgan fingerprint density at radius 2 is 2.15 bits per heavy atom. The van der Waals surface area contributed by atoms with Crippen molar-refractivity contribution in [2.75, 3.05) is 20.1 Å². The summed E-state index contributed by atoms with van der Waals surface area (Å²) in [6, 6.07) is 3.97. The number of rotatable bonds is 9. The third-order valence-corrected chi connectivity index (χ3v) is 3.13. The molecule has 0 bridgehead atoms. The van der Waals surface area contributed by atoms with Gasteiger partial charge < -0.3 is 27.1 Å². The van der Waals surface area contributed by atoms with E-state index in [4.69, 9.17) is 16.6 Å². The van der Waals surface area contributed by atoms with Gasteiger partial charge in [0.2, 0.25) is 0 Å². The number of aromatic amines is 1. The fraction of sp³-hybridized carbons (Fsp3) is 0.385. The van der Waals surface area contributed by atoms with Crippen molar-refractivity contribution in [3.63, 3.8) is 0 Å². The SMILES string of the molecule is CNCC/C(N)=C/NCCc1ccc(/C(N)=C/SN)[nH]1. The second-order valence-electron chi connectivity index (χ2n) is 4.38. The highest BCUT2D eigenvalue weighted by Crippen LogP contribution is 2.11. The van der Waals surface area contributed by atoms with Crippen LogP contribution in [0.15, 0.2) is 29.4 Å². The first kappa shape index (κ1) is 16.5. The Morgan fingerprint density at radius 3 is 2.85 bits per heavy atom. The van der Waals surface area contributed by atoms with E-state index in [1.165, 1.54) is 0 Å². The minimum atomic E-state index is 0.646. The molecule has 1 rings (SSSR count). The van der Waals surface area contributed by atoms with E-state index in [2.05, 4.69) is 15.6 Å². The van der Waals surface area contributed by atoms with Crippen molar-refractivity contribution in [2.45, 2.75) is 12.8 Å². The quantitative estimate of drug-likeness (QED) is 0.290.